The Hall–Kier alpha value is -0.170. The monoisotopic (exact) mass is 208 g/mol. The first-order valence-electron chi connectivity index (χ1n) is 4.37. The molecule has 5 nitrogen and oxygen atoms in total. The second-order valence-corrected chi connectivity index (χ2v) is 5.18. The number of hydrogen-bond acceptors (Lipinski definition) is 4. The third-order valence-electron chi connectivity index (χ3n) is 1.96. The van der Waals surface area contributed by atoms with Gasteiger partial charge < -0.3 is 10.5 Å². The minimum atomic E-state index is -3.10. The number of sulfonamides is 1. The van der Waals surface area contributed by atoms with Crippen molar-refractivity contribution in [2.45, 2.75) is 13.0 Å². The molecule has 1 fully saturated rings. The first kappa shape index (κ1) is 10.9. The molecule has 1 aliphatic heterocycles. The molecule has 6 heteroatoms. The van der Waals surface area contributed by atoms with E-state index >= 15 is 0 Å². The summed E-state index contributed by atoms with van der Waals surface area (Å²) in [7, 11) is -3.10. The highest BCUT2D eigenvalue weighted by atomic mass is 32.2. The van der Waals surface area contributed by atoms with Gasteiger partial charge in [-0.3, -0.25) is 0 Å². The van der Waals surface area contributed by atoms with Gasteiger partial charge in [-0.2, -0.15) is 4.31 Å². The molecule has 1 rings (SSSR count). The predicted octanol–water partition coefficient (Wildman–Crippen LogP) is -1.00. The number of rotatable bonds is 5. The van der Waals surface area contributed by atoms with Gasteiger partial charge in [0.15, 0.2) is 0 Å². The van der Waals surface area contributed by atoms with Crippen molar-refractivity contribution < 1.29 is 13.2 Å². The fourth-order valence-electron chi connectivity index (χ4n) is 1.13. The summed E-state index contributed by atoms with van der Waals surface area (Å²) in [6.45, 7) is 3.56. The molecule has 1 aliphatic rings. The molecule has 1 saturated heterocycles. The first-order chi connectivity index (χ1) is 6.06. The van der Waals surface area contributed by atoms with E-state index in [2.05, 4.69) is 0 Å². The van der Waals surface area contributed by atoms with Crippen molar-refractivity contribution in [3.63, 3.8) is 0 Å². The molecule has 0 spiro atoms. The molecule has 0 bridgehead atoms. The SMILES string of the molecule is CCOCCS(=O)(=O)N1CC(N)C1. The summed E-state index contributed by atoms with van der Waals surface area (Å²) < 4.78 is 29.2. The highest BCUT2D eigenvalue weighted by molar-refractivity contribution is 7.89. The Balaban J connectivity index is 2.30. The fourth-order valence-corrected chi connectivity index (χ4v) is 2.56. The Morgan fingerprint density at radius 1 is 1.54 bits per heavy atom. The van der Waals surface area contributed by atoms with E-state index in [9.17, 15) is 8.42 Å². The van der Waals surface area contributed by atoms with Gasteiger partial charge in [0.2, 0.25) is 10.0 Å². The lowest BCUT2D eigenvalue weighted by molar-refractivity contribution is 0.161. The largest absolute Gasteiger partial charge is 0.381 e. The molecule has 0 radical (unpaired) electrons. The van der Waals surface area contributed by atoms with E-state index in [4.69, 9.17) is 10.5 Å². The van der Waals surface area contributed by atoms with Crippen LogP contribution >= 0.6 is 0 Å². The molecule has 0 aromatic rings. The molecule has 0 aromatic carbocycles. The van der Waals surface area contributed by atoms with Crippen LogP contribution < -0.4 is 5.73 Å². The lowest BCUT2D eigenvalue weighted by Gasteiger charge is -2.35. The fraction of sp³-hybridized carbons (Fsp3) is 1.00. The summed E-state index contributed by atoms with van der Waals surface area (Å²) in [5, 5.41) is 0. The van der Waals surface area contributed by atoms with Gasteiger partial charge in [0, 0.05) is 25.7 Å². The number of nitrogens with two attached hydrogens (primary N) is 1. The van der Waals surface area contributed by atoms with Gasteiger partial charge in [-0.15, -0.1) is 0 Å². The molecule has 1 heterocycles. The van der Waals surface area contributed by atoms with E-state index in [0.29, 0.717) is 19.7 Å². The first-order valence-corrected chi connectivity index (χ1v) is 5.98. The van der Waals surface area contributed by atoms with Crippen LogP contribution in [0.25, 0.3) is 0 Å². The second-order valence-electron chi connectivity index (χ2n) is 3.09. The molecule has 13 heavy (non-hydrogen) atoms. The van der Waals surface area contributed by atoms with Crippen LogP contribution in [0.4, 0.5) is 0 Å². The van der Waals surface area contributed by atoms with Crippen molar-refractivity contribution >= 4 is 10.0 Å². The smallest absolute Gasteiger partial charge is 0.216 e. The Labute approximate surface area is 78.9 Å². The molecule has 0 amide bonds. The zero-order valence-corrected chi connectivity index (χ0v) is 8.59. The summed E-state index contributed by atoms with van der Waals surface area (Å²) in [6.07, 6.45) is 0. The van der Waals surface area contributed by atoms with E-state index in [0.717, 1.165) is 0 Å². The standard InChI is InChI=1S/C7H16N2O3S/c1-2-12-3-4-13(10,11)9-5-7(8)6-9/h7H,2-6,8H2,1H3. The highest BCUT2D eigenvalue weighted by Crippen LogP contribution is 2.11. The van der Waals surface area contributed by atoms with Gasteiger partial charge in [0.05, 0.1) is 12.4 Å². The van der Waals surface area contributed by atoms with Crippen molar-refractivity contribution in [2.24, 2.45) is 5.73 Å². The predicted molar refractivity (Wildman–Crippen MR) is 49.8 cm³/mol. The van der Waals surface area contributed by atoms with Crippen molar-refractivity contribution in [2.75, 3.05) is 32.1 Å². The normalized spacial score (nSPS) is 20.2. The van der Waals surface area contributed by atoms with Crippen molar-refractivity contribution in [3.8, 4) is 0 Å². The molecule has 0 atom stereocenters. The number of ether oxygens (including phenoxy) is 1. The van der Waals surface area contributed by atoms with Crippen LogP contribution in [0.5, 0.6) is 0 Å². The van der Waals surface area contributed by atoms with E-state index in [1.165, 1.54) is 4.31 Å². The van der Waals surface area contributed by atoms with Gasteiger partial charge in [-0.05, 0) is 6.92 Å². The van der Waals surface area contributed by atoms with Crippen LogP contribution in [-0.4, -0.2) is 50.8 Å². The molecular formula is C7H16N2O3S. The summed E-state index contributed by atoms with van der Waals surface area (Å²) in [5.41, 5.74) is 5.48. The Morgan fingerprint density at radius 2 is 2.15 bits per heavy atom. The van der Waals surface area contributed by atoms with Crippen molar-refractivity contribution in [3.05, 3.63) is 0 Å². The zero-order valence-electron chi connectivity index (χ0n) is 7.77. The summed E-state index contributed by atoms with van der Waals surface area (Å²) >= 11 is 0. The number of hydrogen-bond donors (Lipinski definition) is 1. The molecule has 0 aliphatic carbocycles. The molecule has 0 saturated carbocycles. The van der Waals surface area contributed by atoms with Crippen LogP contribution in [-0.2, 0) is 14.8 Å². The highest BCUT2D eigenvalue weighted by Gasteiger charge is 2.32. The third kappa shape index (κ3) is 2.91. The maximum Gasteiger partial charge on any atom is 0.216 e. The third-order valence-corrected chi connectivity index (χ3v) is 3.73. The lowest BCUT2D eigenvalue weighted by atomic mass is 10.2. The molecular weight excluding hydrogens is 192 g/mol. The minimum Gasteiger partial charge on any atom is -0.381 e. The van der Waals surface area contributed by atoms with E-state index in [1.54, 1.807) is 0 Å². The molecule has 0 aromatic heterocycles. The average molecular weight is 208 g/mol. The van der Waals surface area contributed by atoms with Gasteiger partial charge in [-0.25, -0.2) is 8.42 Å². The van der Waals surface area contributed by atoms with Crippen LogP contribution in [0.15, 0.2) is 0 Å². The number of nitrogens with zero attached hydrogens (tertiary/aromatic N) is 1. The molecule has 0 unspecified atom stereocenters. The molecule has 2 N–H and O–H groups in total. The summed E-state index contributed by atoms with van der Waals surface area (Å²) in [6, 6.07) is 0.0156. The van der Waals surface area contributed by atoms with Crippen LogP contribution in [0.1, 0.15) is 6.92 Å². The maximum absolute atomic E-state index is 11.4. The van der Waals surface area contributed by atoms with E-state index in [1.807, 2.05) is 6.92 Å². The minimum absolute atomic E-state index is 0.0156. The van der Waals surface area contributed by atoms with Gasteiger partial charge in [0.1, 0.15) is 0 Å². The summed E-state index contributed by atoms with van der Waals surface area (Å²) in [4.78, 5) is 0. The lowest BCUT2D eigenvalue weighted by Crippen LogP contribution is -2.58. The van der Waals surface area contributed by atoms with Crippen molar-refractivity contribution in [1.29, 1.82) is 0 Å². The van der Waals surface area contributed by atoms with Crippen LogP contribution in [0.2, 0.25) is 0 Å². The van der Waals surface area contributed by atoms with E-state index < -0.39 is 10.0 Å². The van der Waals surface area contributed by atoms with Gasteiger partial charge >= 0.3 is 0 Å². The zero-order chi connectivity index (χ0) is 9.90. The second kappa shape index (κ2) is 4.36. The van der Waals surface area contributed by atoms with E-state index in [-0.39, 0.29) is 18.4 Å². The van der Waals surface area contributed by atoms with Crippen molar-refractivity contribution in [1.82, 2.24) is 4.31 Å². The summed E-state index contributed by atoms with van der Waals surface area (Å²) in [5.74, 6) is 0.0631. The quantitative estimate of drug-likeness (QED) is 0.588. The average Bonchev–Trinajstić information content (AvgIpc) is 1.99. The molecule has 78 valence electrons. The van der Waals surface area contributed by atoms with Gasteiger partial charge in [-0.1, -0.05) is 0 Å². The van der Waals surface area contributed by atoms with Gasteiger partial charge in [0.25, 0.3) is 0 Å². The topological polar surface area (TPSA) is 72.6 Å². The van der Waals surface area contributed by atoms with Crippen LogP contribution in [0, 0.1) is 0 Å². The van der Waals surface area contributed by atoms with Crippen LogP contribution in [0.3, 0.4) is 0 Å². The maximum atomic E-state index is 11.4. The Kier molecular flexibility index (Phi) is 3.66. The Morgan fingerprint density at radius 3 is 2.62 bits per heavy atom. The Bertz CT molecular complexity index is 246.